The lowest BCUT2D eigenvalue weighted by Crippen LogP contribution is -2.09. The number of halogens is 3. The molecule has 0 amide bonds. The Labute approximate surface area is 209 Å². The number of hydrogen-bond acceptors (Lipinski definition) is 5. The normalized spacial score (nSPS) is 12.4. The molecule has 0 aliphatic carbocycles. The second kappa shape index (κ2) is 11.8. The molecule has 8 heteroatoms. The topological polar surface area (TPSA) is 57.4 Å². The SMILES string of the molecule is COC[C@@H](C#CC(N)c1nc(-c2cc(C)c(OC)cc2Cl)c(C)s1)c1ccc(C)c(F)c1.Cl. The van der Waals surface area contributed by atoms with E-state index in [9.17, 15) is 4.39 Å². The summed E-state index contributed by atoms with van der Waals surface area (Å²) in [5.41, 5.74) is 10.3. The van der Waals surface area contributed by atoms with Gasteiger partial charge in [0, 0.05) is 17.6 Å². The molecule has 2 atom stereocenters. The maximum absolute atomic E-state index is 14.0. The quantitative estimate of drug-likeness (QED) is 0.391. The maximum atomic E-state index is 14.0. The average Bonchev–Trinajstić information content (AvgIpc) is 3.15. The maximum Gasteiger partial charge on any atom is 0.126 e. The van der Waals surface area contributed by atoms with Gasteiger partial charge in [-0.25, -0.2) is 9.37 Å². The van der Waals surface area contributed by atoms with E-state index in [1.807, 2.05) is 26.0 Å². The van der Waals surface area contributed by atoms with E-state index >= 15 is 0 Å². The van der Waals surface area contributed by atoms with E-state index in [-0.39, 0.29) is 24.1 Å². The van der Waals surface area contributed by atoms with Gasteiger partial charge in [-0.1, -0.05) is 35.6 Å². The van der Waals surface area contributed by atoms with Gasteiger partial charge in [0.2, 0.25) is 0 Å². The van der Waals surface area contributed by atoms with Gasteiger partial charge in [0.1, 0.15) is 22.6 Å². The van der Waals surface area contributed by atoms with E-state index in [0.29, 0.717) is 22.2 Å². The summed E-state index contributed by atoms with van der Waals surface area (Å²) in [6.45, 7) is 6.01. The molecule has 1 unspecified atom stereocenters. The number of ether oxygens (including phenoxy) is 2. The fourth-order valence-corrected chi connectivity index (χ4v) is 4.46. The highest BCUT2D eigenvalue weighted by atomic mass is 35.5. The van der Waals surface area contributed by atoms with Crippen LogP contribution < -0.4 is 10.5 Å². The molecule has 0 bridgehead atoms. The van der Waals surface area contributed by atoms with Crippen molar-refractivity contribution < 1.29 is 13.9 Å². The molecule has 3 rings (SSSR count). The van der Waals surface area contributed by atoms with Crippen molar-refractivity contribution >= 4 is 35.3 Å². The molecule has 4 nitrogen and oxygen atoms in total. The van der Waals surface area contributed by atoms with Crippen LogP contribution in [0.15, 0.2) is 30.3 Å². The smallest absolute Gasteiger partial charge is 0.126 e. The van der Waals surface area contributed by atoms with Crippen molar-refractivity contribution in [1.29, 1.82) is 0 Å². The Hall–Kier alpha value is -2.14. The number of aryl methyl sites for hydroxylation is 3. The van der Waals surface area contributed by atoms with Crippen molar-refractivity contribution in [1.82, 2.24) is 4.98 Å². The Bertz CT molecular complexity index is 1190. The number of thiazole rings is 1. The number of nitrogens with two attached hydrogens (primary N) is 1. The van der Waals surface area contributed by atoms with Crippen LogP contribution in [0.2, 0.25) is 5.02 Å². The number of rotatable bonds is 6. The van der Waals surface area contributed by atoms with Gasteiger partial charge in [-0.3, -0.25) is 0 Å². The van der Waals surface area contributed by atoms with Gasteiger partial charge in [-0.2, -0.15) is 0 Å². The molecule has 1 aromatic heterocycles. The largest absolute Gasteiger partial charge is 0.496 e. The van der Waals surface area contributed by atoms with Gasteiger partial charge < -0.3 is 15.2 Å². The van der Waals surface area contributed by atoms with Crippen molar-refractivity contribution in [2.75, 3.05) is 20.8 Å². The van der Waals surface area contributed by atoms with Crippen LogP contribution in [0.3, 0.4) is 0 Å². The fraction of sp³-hybridized carbons (Fsp3) is 0.320. The number of aromatic nitrogens is 1. The second-order valence-corrected chi connectivity index (χ2v) is 9.18. The van der Waals surface area contributed by atoms with E-state index in [2.05, 4.69) is 11.8 Å². The first kappa shape index (κ1) is 27.1. The van der Waals surface area contributed by atoms with E-state index in [4.69, 9.17) is 31.8 Å². The third-order valence-corrected chi connectivity index (χ3v) is 6.53. The van der Waals surface area contributed by atoms with E-state index in [1.54, 1.807) is 33.3 Å². The summed E-state index contributed by atoms with van der Waals surface area (Å²) in [6.07, 6.45) is 0. The molecule has 176 valence electrons. The van der Waals surface area contributed by atoms with Crippen molar-refractivity contribution in [3.63, 3.8) is 0 Å². The first-order valence-electron chi connectivity index (χ1n) is 10.1. The highest BCUT2D eigenvalue weighted by Gasteiger charge is 2.18. The molecule has 1 heterocycles. The molecule has 0 aliphatic rings. The van der Waals surface area contributed by atoms with Gasteiger partial charge in [0.05, 0.1) is 30.4 Å². The molecule has 0 saturated heterocycles. The van der Waals surface area contributed by atoms with Crippen LogP contribution in [0, 0.1) is 38.4 Å². The van der Waals surface area contributed by atoms with Crippen molar-refractivity contribution in [2.24, 2.45) is 5.73 Å². The lowest BCUT2D eigenvalue weighted by atomic mass is 9.98. The Kier molecular flexibility index (Phi) is 9.71. The lowest BCUT2D eigenvalue weighted by Gasteiger charge is -2.11. The van der Waals surface area contributed by atoms with Crippen LogP contribution in [0.5, 0.6) is 5.75 Å². The van der Waals surface area contributed by atoms with Crippen molar-refractivity contribution in [3.05, 3.63) is 67.7 Å². The second-order valence-electron chi connectivity index (χ2n) is 7.54. The Morgan fingerprint density at radius 2 is 1.85 bits per heavy atom. The number of hydrogen-bond donors (Lipinski definition) is 1. The Balaban J connectivity index is 0.00000385. The van der Waals surface area contributed by atoms with Crippen molar-refractivity contribution in [2.45, 2.75) is 32.7 Å². The summed E-state index contributed by atoms with van der Waals surface area (Å²) in [5.74, 6) is 6.39. The van der Waals surface area contributed by atoms with E-state index in [0.717, 1.165) is 33.0 Å². The molecule has 2 aromatic carbocycles. The summed E-state index contributed by atoms with van der Waals surface area (Å²) < 4.78 is 24.6. The van der Waals surface area contributed by atoms with Crippen molar-refractivity contribution in [3.8, 4) is 28.8 Å². The minimum absolute atomic E-state index is 0. The summed E-state index contributed by atoms with van der Waals surface area (Å²) in [6, 6.07) is 8.28. The monoisotopic (exact) mass is 508 g/mol. The minimum Gasteiger partial charge on any atom is -0.496 e. The molecular formula is C25H27Cl2FN2O2S. The van der Waals surface area contributed by atoms with Gasteiger partial charge in [0.15, 0.2) is 0 Å². The molecule has 0 spiro atoms. The number of nitrogens with zero attached hydrogens (tertiary/aromatic N) is 1. The molecule has 0 radical (unpaired) electrons. The van der Waals surface area contributed by atoms with Crippen LogP contribution in [0.25, 0.3) is 11.3 Å². The third-order valence-electron chi connectivity index (χ3n) is 5.16. The van der Waals surface area contributed by atoms with E-state index in [1.165, 1.54) is 17.4 Å². The standard InChI is InChI=1S/C25H26ClFN2O2S.ClH/c1-14-6-7-17(11-21(14)27)18(13-30-4)8-9-22(28)25-29-24(16(3)32-25)19-10-15(2)23(31-5)12-20(19)26;/h6-7,10-12,18,22H,13,28H2,1-5H3;1H/t18-,22?;/m1./s1. The van der Waals surface area contributed by atoms with Crippen LogP contribution in [0.4, 0.5) is 4.39 Å². The predicted octanol–water partition coefficient (Wildman–Crippen LogP) is 6.39. The van der Waals surface area contributed by atoms with Crippen LogP contribution in [-0.4, -0.2) is 25.8 Å². The first-order valence-corrected chi connectivity index (χ1v) is 11.3. The number of benzene rings is 2. The van der Waals surface area contributed by atoms with Gasteiger partial charge in [-0.05, 0) is 55.7 Å². The molecule has 0 saturated carbocycles. The Morgan fingerprint density at radius 3 is 2.48 bits per heavy atom. The fourth-order valence-electron chi connectivity index (χ4n) is 3.33. The molecule has 3 aromatic rings. The van der Waals surface area contributed by atoms with Gasteiger partial charge in [-0.15, -0.1) is 23.7 Å². The zero-order valence-corrected chi connectivity index (χ0v) is 21.6. The average molecular weight is 509 g/mol. The molecule has 33 heavy (non-hydrogen) atoms. The third kappa shape index (κ3) is 6.26. The summed E-state index contributed by atoms with van der Waals surface area (Å²) in [7, 11) is 3.21. The first-order chi connectivity index (χ1) is 15.2. The highest BCUT2D eigenvalue weighted by Crippen LogP contribution is 2.37. The Morgan fingerprint density at radius 1 is 1.12 bits per heavy atom. The molecule has 2 N–H and O–H groups in total. The highest BCUT2D eigenvalue weighted by molar-refractivity contribution is 7.12. The van der Waals surface area contributed by atoms with Crippen LogP contribution in [0.1, 0.15) is 38.5 Å². The zero-order valence-electron chi connectivity index (χ0n) is 19.2. The lowest BCUT2D eigenvalue weighted by molar-refractivity contribution is 0.193. The molecule has 0 aliphatic heterocycles. The summed E-state index contributed by atoms with van der Waals surface area (Å²) in [5, 5.41) is 1.26. The number of methoxy groups -OCH3 is 2. The van der Waals surface area contributed by atoms with E-state index < -0.39 is 6.04 Å². The molecule has 0 fully saturated rings. The summed E-state index contributed by atoms with van der Waals surface area (Å²) in [4.78, 5) is 5.73. The summed E-state index contributed by atoms with van der Waals surface area (Å²) >= 11 is 7.97. The van der Waals surface area contributed by atoms with Gasteiger partial charge >= 0.3 is 0 Å². The van der Waals surface area contributed by atoms with Crippen LogP contribution >= 0.6 is 35.3 Å². The predicted molar refractivity (Wildman–Crippen MR) is 136 cm³/mol. The van der Waals surface area contributed by atoms with Crippen LogP contribution in [-0.2, 0) is 4.74 Å². The minimum atomic E-state index is -0.583. The zero-order chi connectivity index (χ0) is 23.4. The molecular weight excluding hydrogens is 482 g/mol. The van der Waals surface area contributed by atoms with Gasteiger partial charge in [0.25, 0.3) is 0 Å².